The first-order valence-electron chi connectivity index (χ1n) is 9.66. The van der Waals surface area contributed by atoms with Crippen molar-refractivity contribution in [3.8, 4) is 11.3 Å². The van der Waals surface area contributed by atoms with Gasteiger partial charge >= 0.3 is 0 Å². The third-order valence-electron chi connectivity index (χ3n) is 4.77. The molecule has 0 aliphatic rings. The lowest BCUT2D eigenvalue weighted by molar-refractivity contribution is -0.123. The topological polar surface area (TPSA) is 71.1 Å². The largest absolute Gasteiger partial charge is 0.347 e. The number of anilines is 1. The monoisotopic (exact) mass is 415 g/mol. The highest BCUT2D eigenvalue weighted by Gasteiger charge is 2.13. The van der Waals surface area contributed by atoms with Crippen LogP contribution in [0.5, 0.6) is 0 Å². The molecule has 0 atom stereocenters. The Hall–Kier alpha value is -3.51. The van der Waals surface area contributed by atoms with Gasteiger partial charge in [-0.1, -0.05) is 72.8 Å². The summed E-state index contributed by atoms with van der Waals surface area (Å²) in [6, 6.07) is 23.7. The van der Waals surface area contributed by atoms with Gasteiger partial charge < -0.3 is 10.6 Å². The zero-order valence-corrected chi connectivity index (χ0v) is 17.3. The van der Waals surface area contributed by atoms with E-state index < -0.39 is 0 Å². The molecule has 2 N–H and O–H groups in total. The average molecular weight is 416 g/mol. The maximum Gasteiger partial charge on any atom is 0.245 e. The van der Waals surface area contributed by atoms with E-state index in [9.17, 15) is 9.59 Å². The van der Waals surface area contributed by atoms with Crippen molar-refractivity contribution < 1.29 is 9.59 Å². The van der Waals surface area contributed by atoms with Crippen LogP contribution in [-0.2, 0) is 16.0 Å². The third kappa shape index (κ3) is 4.55. The quantitative estimate of drug-likeness (QED) is 0.485. The number of fused-ring (bicyclic) bond motifs is 1. The van der Waals surface area contributed by atoms with E-state index in [1.807, 2.05) is 79.7 Å². The van der Waals surface area contributed by atoms with E-state index in [2.05, 4.69) is 15.6 Å². The van der Waals surface area contributed by atoms with Gasteiger partial charge in [-0.05, 0) is 23.3 Å². The van der Waals surface area contributed by atoms with Crippen LogP contribution in [-0.4, -0.2) is 23.3 Å². The highest BCUT2D eigenvalue weighted by Crippen LogP contribution is 2.30. The molecule has 0 bridgehead atoms. The number of benzene rings is 3. The summed E-state index contributed by atoms with van der Waals surface area (Å²) in [5.41, 5.74) is 2.81. The molecule has 1 heterocycles. The van der Waals surface area contributed by atoms with Crippen molar-refractivity contribution in [3.05, 3.63) is 83.2 Å². The minimum Gasteiger partial charge on any atom is -0.347 e. The van der Waals surface area contributed by atoms with Crippen molar-refractivity contribution in [2.75, 3.05) is 11.9 Å². The molecule has 0 spiro atoms. The molecule has 0 aliphatic heterocycles. The standard InChI is InChI=1S/C24H21N3O2S/c1-16-23(18-9-3-2-4-10-18)27-24(30-16)26-22(29)15-25-21(28)14-19-12-7-11-17-8-5-6-13-20(17)19/h2-13H,14-15H2,1H3,(H,25,28)(H,26,27,29). The van der Waals surface area contributed by atoms with Crippen LogP contribution in [0.4, 0.5) is 5.13 Å². The maximum absolute atomic E-state index is 12.4. The first-order chi connectivity index (χ1) is 14.6. The molecule has 6 heteroatoms. The molecule has 4 aromatic rings. The van der Waals surface area contributed by atoms with Crippen LogP contribution in [0.3, 0.4) is 0 Å². The highest BCUT2D eigenvalue weighted by atomic mass is 32.1. The van der Waals surface area contributed by atoms with Gasteiger partial charge in [0.25, 0.3) is 0 Å². The summed E-state index contributed by atoms with van der Waals surface area (Å²) in [5, 5.41) is 8.14. The fourth-order valence-corrected chi connectivity index (χ4v) is 4.19. The smallest absolute Gasteiger partial charge is 0.245 e. The molecule has 0 unspecified atom stereocenters. The first kappa shape index (κ1) is 19.8. The van der Waals surface area contributed by atoms with Crippen LogP contribution in [0.25, 0.3) is 22.0 Å². The Morgan fingerprint density at radius 3 is 2.47 bits per heavy atom. The third-order valence-corrected chi connectivity index (χ3v) is 5.65. The lowest BCUT2D eigenvalue weighted by Crippen LogP contribution is -2.33. The summed E-state index contributed by atoms with van der Waals surface area (Å²) in [6.45, 7) is 1.88. The first-order valence-corrected chi connectivity index (χ1v) is 10.5. The summed E-state index contributed by atoms with van der Waals surface area (Å²) < 4.78 is 0. The Kier molecular flexibility index (Phi) is 5.86. The van der Waals surface area contributed by atoms with E-state index in [0.29, 0.717) is 5.13 Å². The molecule has 5 nitrogen and oxygen atoms in total. The Balaban J connectivity index is 1.34. The average Bonchev–Trinajstić information content (AvgIpc) is 3.13. The molecule has 0 saturated carbocycles. The summed E-state index contributed by atoms with van der Waals surface area (Å²) in [7, 11) is 0. The van der Waals surface area contributed by atoms with Crippen LogP contribution < -0.4 is 10.6 Å². The second kappa shape index (κ2) is 8.88. The molecule has 0 radical (unpaired) electrons. The lowest BCUT2D eigenvalue weighted by Gasteiger charge is -2.08. The molecule has 0 fully saturated rings. The molecule has 1 aromatic heterocycles. The Bertz CT molecular complexity index is 1200. The van der Waals surface area contributed by atoms with E-state index >= 15 is 0 Å². The van der Waals surface area contributed by atoms with Gasteiger partial charge in [0.2, 0.25) is 11.8 Å². The molecule has 2 amide bonds. The molecule has 0 saturated heterocycles. The number of thiazole rings is 1. The summed E-state index contributed by atoms with van der Waals surface area (Å²) in [5.74, 6) is -0.489. The van der Waals surface area contributed by atoms with Gasteiger partial charge in [-0.25, -0.2) is 4.98 Å². The van der Waals surface area contributed by atoms with Gasteiger partial charge in [0.1, 0.15) is 0 Å². The predicted molar refractivity (Wildman–Crippen MR) is 122 cm³/mol. The minimum atomic E-state index is -0.297. The Morgan fingerprint density at radius 2 is 1.63 bits per heavy atom. The number of amides is 2. The number of carbonyl (C=O) groups excluding carboxylic acids is 2. The summed E-state index contributed by atoms with van der Waals surface area (Å²) in [4.78, 5) is 30.2. The second-order valence-corrected chi connectivity index (χ2v) is 8.13. The van der Waals surface area contributed by atoms with Gasteiger partial charge in [-0.2, -0.15) is 0 Å². The molecule has 3 aromatic carbocycles. The normalized spacial score (nSPS) is 10.7. The second-order valence-electron chi connectivity index (χ2n) is 6.93. The van der Waals surface area contributed by atoms with Crippen molar-refractivity contribution in [2.45, 2.75) is 13.3 Å². The highest BCUT2D eigenvalue weighted by molar-refractivity contribution is 7.16. The van der Waals surface area contributed by atoms with Crippen LogP contribution in [0.15, 0.2) is 72.8 Å². The van der Waals surface area contributed by atoms with Crippen LogP contribution in [0.2, 0.25) is 0 Å². The van der Waals surface area contributed by atoms with Crippen LogP contribution in [0.1, 0.15) is 10.4 Å². The molecule has 30 heavy (non-hydrogen) atoms. The number of aromatic nitrogens is 1. The van der Waals surface area contributed by atoms with Gasteiger partial charge in [-0.15, -0.1) is 11.3 Å². The summed E-state index contributed by atoms with van der Waals surface area (Å²) in [6.07, 6.45) is 0.225. The number of nitrogens with one attached hydrogen (secondary N) is 2. The number of carbonyl (C=O) groups is 2. The molecule has 150 valence electrons. The van der Waals surface area contributed by atoms with Crippen LogP contribution >= 0.6 is 11.3 Å². The SMILES string of the molecule is Cc1sc(NC(=O)CNC(=O)Cc2cccc3ccccc23)nc1-c1ccccc1. The van der Waals surface area contributed by atoms with E-state index in [1.54, 1.807) is 0 Å². The number of hydrogen-bond donors (Lipinski definition) is 2. The summed E-state index contributed by atoms with van der Waals surface area (Å²) >= 11 is 1.42. The molecule has 0 aliphatic carbocycles. The maximum atomic E-state index is 12.4. The van der Waals surface area contributed by atoms with Crippen molar-refractivity contribution >= 4 is 39.1 Å². The molecular formula is C24H21N3O2S. The molecular weight excluding hydrogens is 394 g/mol. The minimum absolute atomic E-state index is 0.0943. The van der Waals surface area contributed by atoms with Gasteiger partial charge in [0.15, 0.2) is 5.13 Å². The van der Waals surface area contributed by atoms with E-state index in [0.717, 1.165) is 32.5 Å². The van der Waals surface area contributed by atoms with E-state index in [4.69, 9.17) is 0 Å². The van der Waals surface area contributed by atoms with Crippen molar-refractivity contribution in [1.29, 1.82) is 0 Å². The number of nitrogens with zero attached hydrogens (tertiary/aromatic N) is 1. The van der Waals surface area contributed by atoms with Gasteiger partial charge in [0.05, 0.1) is 18.7 Å². The van der Waals surface area contributed by atoms with Gasteiger partial charge in [0, 0.05) is 10.4 Å². The van der Waals surface area contributed by atoms with E-state index in [-0.39, 0.29) is 24.8 Å². The number of aryl methyl sites for hydroxylation is 1. The zero-order chi connectivity index (χ0) is 20.9. The Labute approximate surface area is 178 Å². The zero-order valence-electron chi connectivity index (χ0n) is 16.5. The fourth-order valence-electron chi connectivity index (χ4n) is 3.34. The predicted octanol–water partition coefficient (Wildman–Crippen LogP) is 4.57. The van der Waals surface area contributed by atoms with Crippen molar-refractivity contribution in [1.82, 2.24) is 10.3 Å². The number of hydrogen-bond acceptors (Lipinski definition) is 4. The number of rotatable bonds is 6. The lowest BCUT2D eigenvalue weighted by atomic mass is 10.0. The van der Waals surface area contributed by atoms with Gasteiger partial charge in [-0.3, -0.25) is 9.59 Å². The molecule has 4 rings (SSSR count). The van der Waals surface area contributed by atoms with Crippen LogP contribution in [0, 0.1) is 6.92 Å². The van der Waals surface area contributed by atoms with E-state index in [1.165, 1.54) is 11.3 Å². The fraction of sp³-hybridized carbons (Fsp3) is 0.125. The Morgan fingerprint density at radius 1 is 0.900 bits per heavy atom. The van der Waals surface area contributed by atoms with Crippen molar-refractivity contribution in [2.24, 2.45) is 0 Å². The van der Waals surface area contributed by atoms with Crippen molar-refractivity contribution in [3.63, 3.8) is 0 Å².